The van der Waals surface area contributed by atoms with Crippen molar-refractivity contribution in [3.8, 4) is 17.2 Å². The summed E-state index contributed by atoms with van der Waals surface area (Å²) in [4.78, 5) is 23.6. The lowest BCUT2D eigenvalue weighted by molar-refractivity contribution is -0.137. The van der Waals surface area contributed by atoms with Crippen LogP contribution in [-0.2, 0) is 17.4 Å². The molecule has 2 aromatic carbocycles. The average Bonchev–Trinajstić information content (AvgIpc) is 2.67. The Bertz CT molecular complexity index is 962. The number of rotatable bonds is 6. The summed E-state index contributed by atoms with van der Waals surface area (Å²) in [6.45, 7) is 3.74. The molecule has 0 bridgehead atoms. The topological polar surface area (TPSA) is 64.6 Å². The van der Waals surface area contributed by atoms with Crippen molar-refractivity contribution in [2.24, 2.45) is 0 Å². The summed E-state index contributed by atoms with van der Waals surface area (Å²) >= 11 is 0.950. The number of ether oxygens (including phenoxy) is 2. The van der Waals surface area contributed by atoms with E-state index in [9.17, 15) is 22.8 Å². The molecule has 0 saturated carbocycles. The Morgan fingerprint density at radius 3 is 2.57 bits per heavy atom. The highest BCUT2D eigenvalue weighted by Gasteiger charge is 2.31. The fourth-order valence-corrected chi connectivity index (χ4v) is 3.88. The van der Waals surface area contributed by atoms with E-state index in [2.05, 4.69) is 5.32 Å². The normalized spacial score (nSPS) is 16.9. The van der Waals surface area contributed by atoms with E-state index in [1.807, 2.05) is 6.92 Å². The van der Waals surface area contributed by atoms with E-state index >= 15 is 0 Å². The van der Waals surface area contributed by atoms with Gasteiger partial charge in [0.25, 0.3) is 5.24 Å². The number of benzene rings is 2. The van der Waals surface area contributed by atoms with Gasteiger partial charge in [-0.05, 0) is 55.7 Å². The molecule has 3 rings (SSSR count). The monoisotopic (exact) mass is 439 g/mol. The minimum absolute atomic E-state index is 0.00879. The number of hydrogen-bond acceptors (Lipinski definition) is 5. The van der Waals surface area contributed by atoms with Crippen molar-refractivity contribution in [3.63, 3.8) is 0 Å². The van der Waals surface area contributed by atoms with Crippen LogP contribution >= 0.6 is 11.8 Å². The van der Waals surface area contributed by atoms with Gasteiger partial charge in [0.2, 0.25) is 0 Å². The third kappa shape index (κ3) is 5.27. The van der Waals surface area contributed by atoms with Crippen molar-refractivity contribution in [2.75, 3.05) is 13.2 Å². The predicted octanol–water partition coefficient (Wildman–Crippen LogP) is 5.14. The van der Waals surface area contributed by atoms with Crippen LogP contribution in [-0.4, -0.2) is 29.4 Å². The maximum Gasteiger partial charge on any atom is 0.416 e. The molecule has 0 aromatic heterocycles. The van der Waals surface area contributed by atoms with E-state index < -0.39 is 17.0 Å². The smallest absolute Gasteiger partial charge is 0.416 e. The van der Waals surface area contributed by atoms with E-state index in [0.29, 0.717) is 35.8 Å². The summed E-state index contributed by atoms with van der Waals surface area (Å²) in [5.41, 5.74) is 0.354. The van der Waals surface area contributed by atoms with E-state index in [-0.39, 0.29) is 17.6 Å². The fourth-order valence-electron chi connectivity index (χ4n) is 2.99. The van der Waals surface area contributed by atoms with Crippen LogP contribution in [0.2, 0.25) is 0 Å². The number of hydrogen-bond donors (Lipinski definition) is 1. The maximum absolute atomic E-state index is 12.8. The molecule has 160 valence electrons. The molecule has 30 heavy (non-hydrogen) atoms. The third-order valence-electron chi connectivity index (χ3n) is 4.49. The minimum atomic E-state index is -4.42. The molecule has 1 aliphatic heterocycles. The molecule has 0 spiro atoms. The van der Waals surface area contributed by atoms with Crippen LogP contribution in [0.25, 0.3) is 0 Å². The maximum atomic E-state index is 12.8. The van der Waals surface area contributed by atoms with Gasteiger partial charge in [-0.15, -0.1) is 0 Å². The summed E-state index contributed by atoms with van der Waals surface area (Å²) in [6, 6.07) is 8.31. The van der Waals surface area contributed by atoms with Gasteiger partial charge in [0.15, 0.2) is 5.78 Å². The van der Waals surface area contributed by atoms with Gasteiger partial charge in [-0.3, -0.25) is 9.59 Å². The van der Waals surface area contributed by atoms with E-state index in [4.69, 9.17) is 9.47 Å². The van der Waals surface area contributed by atoms with Crippen molar-refractivity contribution in [2.45, 2.75) is 31.7 Å². The number of nitrogens with one attached hydrogen (secondary N) is 1. The lowest BCUT2D eigenvalue weighted by Gasteiger charge is -2.21. The van der Waals surface area contributed by atoms with Gasteiger partial charge in [0, 0.05) is 6.07 Å². The van der Waals surface area contributed by atoms with E-state index in [1.165, 1.54) is 6.07 Å². The first-order valence-corrected chi connectivity index (χ1v) is 10.1. The Labute approximate surface area is 175 Å². The number of amides is 1. The fraction of sp³-hybridized carbons (Fsp3) is 0.333. The third-order valence-corrected chi connectivity index (χ3v) is 5.56. The molecule has 2 aromatic rings. The lowest BCUT2D eigenvalue weighted by Crippen LogP contribution is -2.40. The molecule has 1 aliphatic rings. The Hall–Kier alpha value is -2.68. The van der Waals surface area contributed by atoms with Gasteiger partial charge < -0.3 is 14.8 Å². The molecule has 1 saturated heterocycles. The van der Waals surface area contributed by atoms with Crippen LogP contribution in [0, 0.1) is 6.92 Å². The number of aryl methyl sites for hydroxylation is 1. The zero-order chi connectivity index (χ0) is 21.9. The summed E-state index contributed by atoms with van der Waals surface area (Å²) in [5.74, 6) is 1.13. The largest absolute Gasteiger partial charge is 0.493 e. The highest BCUT2D eigenvalue weighted by Crippen LogP contribution is 2.35. The van der Waals surface area contributed by atoms with Crippen molar-refractivity contribution in [1.82, 2.24) is 5.32 Å². The van der Waals surface area contributed by atoms with Gasteiger partial charge in [-0.25, -0.2) is 0 Å². The highest BCUT2D eigenvalue weighted by atomic mass is 32.2. The Balaban J connectivity index is 1.81. The SMILES string of the molecule is CCOc1cc(Oc2ccc(C(F)(F)F)cc2C)ccc1CC1SC(=O)NCC1=O. The molecule has 1 N–H and O–H groups in total. The van der Waals surface area contributed by atoms with Gasteiger partial charge >= 0.3 is 6.18 Å². The molecule has 1 heterocycles. The van der Waals surface area contributed by atoms with Crippen molar-refractivity contribution >= 4 is 22.8 Å². The molecule has 1 atom stereocenters. The average molecular weight is 439 g/mol. The second kappa shape index (κ2) is 8.99. The Kier molecular flexibility index (Phi) is 6.60. The van der Waals surface area contributed by atoms with Crippen molar-refractivity contribution in [3.05, 3.63) is 53.1 Å². The zero-order valence-electron chi connectivity index (χ0n) is 16.3. The van der Waals surface area contributed by atoms with E-state index in [0.717, 1.165) is 29.5 Å². The lowest BCUT2D eigenvalue weighted by atomic mass is 10.1. The molecular formula is C21H20F3NO4S. The highest BCUT2D eigenvalue weighted by molar-refractivity contribution is 8.14. The Morgan fingerprint density at radius 2 is 1.90 bits per heavy atom. The number of alkyl halides is 3. The first kappa shape index (κ1) is 22.0. The number of thioether (sulfide) groups is 1. The number of carbonyl (C=O) groups is 2. The summed E-state index contributed by atoms with van der Waals surface area (Å²) < 4.78 is 50.0. The van der Waals surface area contributed by atoms with E-state index in [1.54, 1.807) is 25.1 Å². The molecule has 1 fully saturated rings. The van der Waals surface area contributed by atoms with Gasteiger partial charge in [0.05, 0.1) is 24.0 Å². The van der Waals surface area contributed by atoms with Crippen molar-refractivity contribution in [1.29, 1.82) is 0 Å². The van der Waals surface area contributed by atoms with Gasteiger partial charge in [0.1, 0.15) is 17.2 Å². The second-order valence-corrected chi connectivity index (χ2v) is 7.88. The molecule has 5 nitrogen and oxygen atoms in total. The quantitative estimate of drug-likeness (QED) is 0.675. The van der Waals surface area contributed by atoms with Crippen LogP contribution in [0.15, 0.2) is 36.4 Å². The van der Waals surface area contributed by atoms with Crippen LogP contribution in [0.5, 0.6) is 17.2 Å². The van der Waals surface area contributed by atoms with Gasteiger partial charge in [-0.2, -0.15) is 13.2 Å². The number of halogens is 3. The second-order valence-electron chi connectivity index (χ2n) is 6.70. The minimum Gasteiger partial charge on any atom is -0.493 e. The molecule has 1 amide bonds. The predicted molar refractivity (Wildman–Crippen MR) is 107 cm³/mol. The van der Waals surface area contributed by atoms with Crippen LogP contribution in [0.3, 0.4) is 0 Å². The van der Waals surface area contributed by atoms with Gasteiger partial charge in [-0.1, -0.05) is 17.8 Å². The summed E-state index contributed by atoms with van der Waals surface area (Å²) in [6.07, 6.45) is -4.09. The Morgan fingerprint density at radius 1 is 1.13 bits per heavy atom. The van der Waals surface area contributed by atoms with Crippen molar-refractivity contribution < 1.29 is 32.2 Å². The molecule has 9 heteroatoms. The van der Waals surface area contributed by atoms with Crippen LogP contribution in [0.1, 0.15) is 23.6 Å². The molecule has 0 aliphatic carbocycles. The zero-order valence-corrected chi connectivity index (χ0v) is 17.2. The van der Waals surface area contributed by atoms with Crippen LogP contribution < -0.4 is 14.8 Å². The standard InChI is InChI=1S/C21H20F3NO4S/c1-3-28-18-10-15(29-17-7-5-14(8-12(17)2)21(22,23)24)6-4-13(18)9-19-16(26)11-25-20(27)30-19/h4-8,10,19H,3,9,11H2,1-2H3,(H,25,27). The van der Waals surface area contributed by atoms with Crippen LogP contribution in [0.4, 0.5) is 18.0 Å². The first-order chi connectivity index (χ1) is 14.2. The summed E-state index contributed by atoms with van der Waals surface area (Å²) in [5, 5.41) is 1.76. The molecule has 1 unspecified atom stereocenters. The molecule has 0 radical (unpaired) electrons. The summed E-state index contributed by atoms with van der Waals surface area (Å²) in [7, 11) is 0. The number of carbonyl (C=O) groups excluding carboxylic acids is 2. The first-order valence-electron chi connectivity index (χ1n) is 9.26. The number of Topliss-reactive ketones (excluding diaryl/α,β-unsaturated/α-hetero) is 1. The molecular weight excluding hydrogens is 419 g/mol. The number of ketones is 1.